The molecule has 1 aromatic carbocycles. The van der Waals surface area contributed by atoms with E-state index in [0.717, 1.165) is 37.8 Å². The molecule has 1 aromatic heterocycles. The number of hydrogen-bond acceptors (Lipinski definition) is 3. The number of halogens is 1. The minimum Gasteiger partial charge on any atom is -0.454 e. The first kappa shape index (κ1) is 18.0. The molecule has 6 heteroatoms. The lowest BCUT2D eigenvalue weighted by Crippen LogP contribution is -2.34. The maximum Gasteiger partial charge on any atom is 0.247 e. The Labute approximate surface area is 164 Å². The van der Waals surface area contributed by atoms with Crippen LogP contribution in [0.25, 0.3) is 6.08 Å². The van der Waals surface area contributed by atoms with Gasteiger partial charge in [0, 0.05) is 31.6 Å². The first-order valence-electron chi connectivity index (χ1n) is 9.32. The summed E-state index contributed by atoms with van der Waals surface area (Å²) in [5, 5.41) is 0.494. The molecular weight excluding hydrogens is 364 g/mol. The quantitative estimate of drug-likeness (QED) is 0.726. The Hall–Kier alpha value is -2.40. The number of amides is 1. The molecule has 0 unspecified atom stereocenters. The Balaban J connectivity index is 1.56. The van der Waals surface area contributed by atoms with Crippen molar-refractivity contribution in [1.29, 1.82) is 0 Å². The monoisotopic (exact) mass is 386 g/mol. The molecule has 0 bridgehead atoms. The van der Waals surface area contributed by atoms with Crippen molar-refractivity contribution >= 4 is 23.6 Å². The smallest absolute Gasteiger partial charge is 0.247 e. The van der Waals surface area contributed by atoms with E-state index in [-0.39, 0.29) is 18.7 Å². The summed E-state index contributed by atoms with van der Waals surface area (Å²) in [6.45, 7) is 0.953. The third-order valence-corrected chi connectivity index (χ3v) is 5.51. The third-order valence-electron chi connectivity index (χ3n) is 5.23. The van der Waals surface area contributed by atoms with Gasteiger partial charge < -0.3 is 18.9 Å². The van der Waals surface area contributed by atoms with Crippen LogP contribution in [0.1, 0.15) is 43.0 Å². The first-order chi connectivity index (χ1) is 13.1. The van der Waals surface area contributed by atoms with Crippen molar-refractivity contribution in [3.05, 3.63) is 52.8 Å². The highest BCUT2D eigenvalue weighted by atomic mass is 35.5. The molecule has 2 aliphatic heterocycles. The van der Waals surface area contributed by atoms with Crippen molar-refractivity contribution in [2.24, 2.45) is 7.05 Å². The summed E-state index contributed by atoms with van der Waals surface area (Å²) in [5.74, 6) is 1.21. The van der Waals surface area contributed by atoms with Crippen LogP contribution in [0.15, 0.2) is 36.5 Å². The van der Waals surface area contributed by atoms with Gasteiger partial charge in [-0.1, -0.05) is 24.4 Å². The van der Waals surface area contributed by atoms with Gasteiger partial charge in [0.1, 0.15) is 0 Å². The number of hydrogen-bond donors (Lipinski definition) is 0. The van der Waals surface area contributed by atoms with Gasteiger partial charge in [-0.3, -0.25) is 4.79 Å². The van der Waals surface area contributed by atoms with Crippen LogP contribution in [-0.4, -0.2) is 28.7 Å². The number of fused-ring (bicyclic) bond motifs is 1. The number of ether oxygens (including phenoxy) is 2. The Morgan fingerprint density at radius 2 is 2.15 bits per heavy atom. The molecule has 1 atom stereocenters. The molecule has 0 spiro atoms. The number of aromatic nitrogens is 1. The van der Waals surface area contributed by atoms with Gasteiger partial charge in [0.15, 0.2) is 11.5 Å². The number of nitrogens with zero attached hydrogens (tertiary/aromatic N) is 2. The van der Waals surface area contributed by atoms with Crippen molar-refractivity contribution in [1.82, 2.24) is 9.47 Å². The van der Waals surface area contributed by atoms with Crippen molar-refractivity contribution in [3.8, 4) is 11.5 Å². The molecule has 1 fully saturated rings. The van der Waals surface area contributed by atoms with Crippen LogP contribution in [0.2, 0.25) is 5.02 Å². The number of aryl methyl sites for hydroxylation is 1. The topological polar surface area (TPSA) is 43.7 Å². The molecular formula is C21H23ClN2O3. The summed E-state index contributed by atoms with van der Waals surface area (Å²) < 4.78 is 12.8. The van der Waals surface area contributed by atoms with Crippen LogP contribution in [0.4, 0.5) is 0 Å². The van der Waals surface area contributed by atoms with Gasteiger partial charge in [-0.25, -0.2) is 0 Å². The van der Waals surface area contributed by atoms with E-state index in [9.17, 15) is 4.79 Å². The summed E-state index contributed by atoms with van der Waals surface area (Å²) in [6, 6.07) is 7.89. The van der Waals surface area contributed by atoms with Crippen LogP contribution in [0.5, 0.6) is 11.5 Å². The van der Waals surface area contributed by atoms with Crippen molar-refractivity contribution < 1.29 is 14.3 Å². The normalized spacial score (nSPS) is 19.5. The summed E-state index contributed by atoms with van der Waals surface area (Å²) >= 11 is 6.23. The van der Waals surface area contributed by atoms with E-state index < -0.39 is 0 Å². The lowest BCUT2D eigenvalue weighted by molar-refractivity contribution is -0.128. The number of rotatable bonds is 3. The van der Waals surface area contributed by atoms with Gasteiger partial charge in [0.2, 0.25) is 12.7 Å². The van der Waals surface area contributed by atoms with Crippen molar-refractivity contribution in [2.45, 2.75) is 31.7 Å². The molecule has 142 valence electrons. The second kappa shape index (κ2) is 7.69. The maximum atomic E-state index is 13.0. The van der Waals surface area contributed by atoms with E-state index in [0.29, 0.717) is 16.5 Å². The van der Waals surface area contributed by atoms with Gasteiger partial charge in [-0.2, -0.15) is 0 Å². The molecule has 4 rings (SSSR count). The van der Waals surface area contributed by atoms with E-state index in [1.807, 2.05) is 30.3 Å². The molecule has 3 heterocycles. The van der Waals surface area contributed by atoms with Crippen LogP contribution in [0, 0.1) is 0 Å². The van der Waals surface area contributed by atoms with E-state index in [4.69, 9.17) is 21.1 Å². The number of carbonyl (C=O) groups excluding carboxylic acids is 1. The minimum atomic E-state index is 0.0249. The molecule has 1 amide bonds. The maximum absolute atomic E-state index is 13.0. The van der Waals surface area contributed by atoms with Gasteiger partial charge in [0.05, 0.1) is 11.1 Å². The van der Waals surface area contributed by atoms with Gasteiger partial charge in [-0.15, -0.1) is 0 Å². The molecule has 0 aliphatic carbocycles. The highest BCUT2D eigenvalue weighted by Gasteiger charge is 2.27. The number of carbonyl (C=O) groups is 1. The highest BCUT2D eigenvalue weighted by Crippen LogP contribution is 2.40. The molecule has 0 saturated carbocycles. The second-order valence-electron chi connectivity index (χ2n) is 7.01. The minimum absolute atomic E-state index is 0.0249. The standard InChI is InChI=1S/C21H23ClN2O3/c1-23-10-5-7-17(23)18-6-3-2-4-11-24(18)20(25)9-8-15-12-16(22)21-19(13-15)26-14-27-21/h5,7-10,12-13,18H,2-4,6,11,14H2,1H3/b9-8+/t18-/m0/s1. The van der Waals surface area contributed by atoms with Crippen molar-refractivity contribution in [3.63, 3.8) is 0 Å². The fourth-order valence-corrected chi connectivity index (χ4v) is 4.12. The summed E-state index contributed by atoms with van der Waals surface area (Å²) in [6.07, 6.45) is 9.79. The fourth-order valence-electron chi connectivity index (χ4n) is 3.85. The number of likely N-dealkylation sites (tertiary alicyclic amines) is 1. The van der Waals surface area contributed by atoms with Crippen LogP contribution >= 0.6 is 11.6 Å². The Morgan fingerprint density at radius 3 is 2.96 bits per heavy atom. The predicted molar refractivity (Wildman–Crippen MR) is 105 cm³/mol. The van der Waals surface area contributed by atoms with E-state index in [1.54, 1.807) is 18.2 Å². The van der Waals surface area contributed by atoms with Crippen LogP contribution < -0.4 is 9.47 Å². The summed E-state index contributed by atoms with van der Waals surface area (Å²) in [4.78, 5) is 15.0. The molecule has 2 aromatic rings. The third kappa shape index (κ3) is 3.69. The van der Waals surface area contributed by atoms with Gasteiger partial charge in [0.25, 0.3) is 0 Å². The molecule has 1 saturated heterocycles. The lowest BCUT2D eigenvalue weighted by Gasteiger charge is -2.29. The molecule has 2 aliphatic rings. The SMILES string of the molecule is Cn1cccc1[C@@H]1CCCCCN1C(=O)/C=C/c1cc(Cl)c2c(c1)OCO2. The summed E-state index contributed by atoms with van der Waals surface area (Å²) in [7, 11) is 2.04. The predicted octanol–water partition coefficient (Wildman–Crippen LogP) is 4.56. The molecule has 0 N–H and O–H groups in total. The second-order valence-corrected chi connectivity index (χ2v) is 7.42. The molecule has 27 heavy (non-hydrogen) atoms. The lowest BCUT2D eigenvalue weighted by atomic mass is 10.1. The first-order valence-corrected chi connectivity index (χ1v) is 9.70. The van der Waals surface area contributed by atoms with E-state index >= 15 is 0 Å². The fraction of sp³-hybridized carbons (Fsp3) is 0.381. The van der Waals surface area contributed by atoms with Gasteiger partial charge >= 0.3 is 0 Å². The number of benzene rings is 1. The Morgan fingerprint density at radius 1 is 1.26 bits per heavy atom. The average Bonchev–Trinajstić information content (AvgIpc) is 3.23. The molecule has 5 nitrogen and oxygen atoms in total. The largest absolute Gasteiger partial charge is 0.454 e. The van der Waals surface area contributed by atoms with Crippen LogP contribution in [0.3, 0.4) is 0 Å². The highest BCUT2D eigenvalue weighted by molar-refractivity contribution is 6.32. The van der Waals surface area contributed by atoms with Gasteiger partial charge in [-0.05, 0) is 48.7 Å². The zero-order chi connectivity index (χ0) is 18.8. The van der Waals surface area contributed by atoms with E-state index in [1.165, 1.54) is 5.69 Å². The van der Waals surface area contributed by atoms with Crippen LogP contribution in [-0.2, 0) is 11.8 Å². The Kier molecular flexibility index (Phi) is 5.12. The van der Waals surface area contributed by atoms with Crippen molar-refractivity contribution in [2.75, 3.05) is 13.3 Å². The summed E-state index contributed by atoms with van der Waals surface area (Å²) in [5.41, 5.74) is 2.01. The zero-order valence-electron chi connectivity index (χ0n) is 15.4. The average molecular weight is 387 g/mol. The Bertz CT molecular complexity index is 874. The molecule has 0 radical (unpaired) electrons. The zero-order valence-corrected chi connectivity index (χ0v) is 16.1. The van der Waals surface area contributed by atoms with E-state index in [2.05, 4.69) is 10.6 Å².